The quantitative estimate of drug-likeness (QED) is 0.431. The van der Waals surface area contributed by atoms with Crippen LogP contribution in [0.5, 0.6) is 0 Å². The van der Waals surface area contributed by atoms with Gasteiger partial charge in [-0.15, -0.1) is 12.3 Å². The van der Waals surface area contributed by atoms with Gasteiger partial charge in [-0.2, -0.15) is 0 Å². The molecule has 0 aliphatic carbocycles. The molecule has 1 rings (SSSR count). The molecule has 2 atom stereocenters. The van der Waals surface area contributed by atoms with Crippen molar-refractivity contribution < 1.29 is 19.1 Å². The molecule has 0 saturated heterocycles. The molecule has 0 unspecified atom stereocenters. The third-order valence-corrected chi connectivity index (χ3v) is 4.72. The number of carbonyl (C=O) groups excluding carboxylic acids is 3. The zero-order valence-electron chi connectivity index (χ0n) is 16.1. The van der Waals surface area contributed by atoms with E-state index in [1.54, 1.807) is 0 Å². The average Bonchev–Trinajstić information content (AvgIpc) is 2.89. The van der Waals surface area contributed by atoms with E-state index in [1.807, 2.05) is 13.8 Å². The van der Waals surface area contributed by atoms with Crippen LogP contribution in [0.2, 0.25) is 0 Å². The number of alkyl halides is 3. The summed E-state index contributed by atoms with van der Waals surface area (Å²) >= 11 is 17.4. The molecule has 0 radical (unpaired) electrons. The summed E-state index contributed by atoms with van der Waals surface area (Å²) in [5.74, 6) is 1.50. The monoisotopic (exact) mass is 450 g/mol. The molecule has 0 saturated carbocycles. The van der Waals surface area contributed by atoms with Crippen LogP contribution >= 0.6 is 34.8 Å². The fraction of sp³-hybridized carbons (Fsp3) is 0.632. The molecular formula is C19H25Cl3N2O4. The minimum atomic E-state index is -1.59. The van der Waals surface area contributed by atoms with Crippen LogP contribution in [0.4, 0.5) is 0 Å². The zero-order valence-corrected chi connectivity index (χ0v) is 18.4. The highest BCUT2D eigenvalue weighted by molar-refractivity contribution is 6.67. The number of carbonyl (C=O) groups is 3. The summed E-state index contributed by atoms with van der Waals surface area (Å²) in [6.45, 7) is 3.95. The lowest BCUT2D eigenvalue weighted by Crippen LogP contribution is -2.52. The predicted molar refractivity (Wildman–Crippen MR) is 110 cm³/mol. The number of terminal acetylenes is 1. The Morgan fingerprint density at radius 1 is 1.39 bits per heavy atom. The van der Waals surface area contributed by atoms with Gasteiger partial charge < -0.3 is 10.1 Å². The Balaban J connectivity index is 3.05. The molecular weight excluding hydrogens is 427 g/mol. The topological polar surface area (TPSA) is 75.7 Å². The van der Waals surface area contributed by atoms with E-state index in [9.17, 15) is 14.4 Å². The first-order valence-corrected chi connectivity index (χ1v) is 10.1. The molecule has 0 aromatic carbocycles. The lowest BCUT2D eigenvalue weighted by atomic mass is 10.0. The summed E-state index contributed by atoms with van der Waals surface area (Å²) in [6.07, 6.45) is 7.34. The van der Waals surface area contributed by atoms with Gasteiger partial charge >= 0.3 is 0 Å². The Hall–Kier alpha value is -1.42. The van der Waals surface area contributed by atoms with Gasteiger partial charge in [-0.1, -0.05) is 48.7 Å². The van der Waals surface area contributed by atoms with Gasteiger partial charge in [-0.3, -0.25) is 19.3 Å². The Kier molecular flexibility index (Phi) is 9.62. The third kappa shape index (κ3) is 7.54. The van der Waals surface area contributed by atoms with Crippen LogP contribution in [0, 0.1) is 18.3 Å². The van der Waals surface area contributed by atoms with Crippen molar-refractivity contribution in [3.05, 3.63) is 11.8 Å². The summed E-state index contributed by atoms with van der Waals surface area (Å²) < 4.78 is 3.68. The molecule has 9 heteroatoms. The van der Waals surface area contributed by atoms with Gasteiger partial charge in [-0.25, -0.2) is 0 Å². The van der Waals surface area contributed by atoms with Crippen molar-refractivity contribution in [2.24, 2.45) is 5.92 Å². The molecule has 3 amide bonds. The fourth-order valence-electron chi connectivity index (χ4n) is 2.88. The standard InChI is InChI=1S/C19H25Cl3N2O4/c1-5-6-7-16(25)23-13(8-9-19(20,21)22)18(27)24-14(10-12(2)3)15(28-4)11-17(24)26/h1,11-14H,6-10H2,2-4H3,(H,23,25)/t13-,14+/m1/s1. The van der Waals surface area contributed by atoms with Gasteiger partial charge in [-0.05, 0) is 25.2 Å². The van der Waals surface area contributed by atoms with E-state index in [0.29, 0.717) is 12.2 Å². The van der Waals surface area contributed by atoms with Crippen LogP contribution < -0.4 is 5.32 Å². The van der Waals surface area contributed by atoms with Crippen molar-refractivity contribution in [3.8, 4) is 12.3 Å². The summed E-state index contributed by atoms with van der Waals surface area (Å²) in [5, 5.41) is 2.61. The zero-order chi connectivity index (χ0) is 21.5. The maximum atomic E-state index is 13.2. The summed E-state index contributed by atoms with van der Waals surface area (Å²) in [6, 6.07) is -1.56. The lowest BCUT2D eigenvalue weighted by molar-refractivity contribution is -0.146. The van der Waals surface area contributed by atoms with E-state index in [2.05, 4.69) is 11.2 Å². The minimum absolute atomic E-state index is 0.0188. The smallest absolute Gasteiger partial charge is 0.257 e. The number of methoxy groups -OCH3 is 1. The highest BCUT2D eigenvalue weighted by Gasteiger charge is 2.41. The van der Waals surface area contributed by atoms with Crippen molar-refractivity contribution in [2.45, 2.75) is 61.8 Å². The number of imide groups is 1. The van der Waals surface area contributed by atoms with E-state index >= 15 is 0 Å². The second kappa shape index (κ2) is 10.9. The highest BCUT2D eigenvalue weighted by atomic mass is 35.6. The Morgan fingerprint density at radius 2 is 2.04 bits per heavy atom. The van der Waals surface area contributed by atoms with Gasteiger partial charge in [0.25, 0.3) is 11.8 Å². The molecule has 0 fully saturated rings. The number of ether oxygens (including phenoxy) is 1. The van der Waals surface area contributed by atoms with E-state index in [4.69, 9.17) is 46.0 Å². The molecule has 0 aromatic heterocycles. The van der Waals surface area contributed by atoms with Crippen LogP contribution in [0.1, 0.15) is 46.0 Å². The Labute approximate surface area is 180 Å². The molecule has 0 aromatic rings. The van der Waals surface area contributed by atoms with Crippen LogP contribution in [0.3, 0.4) is 0 Å². The van der Waals surface area contributed by atoms with Gasteiger partial charge in [0, 0.05) is 18.9 Å². The molecule has 1 N–H and O–H groups in total. The second-order valence-electron chi connectivity index (χ2n) is 6.92. The lowest BCUT2D eigenvalue weighted by Gasteiger charge is -2.30. The molecule has 1 heterocycles. The van der Waals surface area contributed by atoms with Crippen molar-refractivity contribution in [3.63, 3.8) is 0 Å². The molecule has 156 valence electrons. The maximum Gasteiger partial charge on any atom is 0.257 e. The van der Waals surface area contributed by atoms with Crippen LogP contribution in [-0.4, -0.2) is 45.6 Å². The molecule has 1 aliphatic heterocycles. The molecule has 0 bridgehead atoms. The van der Waals surface area contributed by atoms with Crippen LogP contribution in [0.15, 0.2) is 11.8 Å². The maximum absolute atomic E-state index is 13.2. The normalized spacial score (nSPS) is 17.9. The van der Waals surface area contributed by atoms with E-state index in [0.717, 1.165) is 4.90 Å². The minimum Gasteiger partial charge on any atom is -0.499 e. The largest absolute Gasteiger partial charge is 0.499 e. The predicted octanol–water partition coefficient (Wildman–Crippen LogP) is 3.35. The summed E-state index contributed by atoms with van der Waals surface area (Å²) in [5.41, 5.74) is 0. The number of hydrogen-bond acceptors (Lipinski definition) is 4. The Morgan fingerprint density at radius 3 is 2.54 bits per heavy atom. The molecule has 0 spiro atoms. The summed E-state index contributed by atoms with van der Waals surface area (Å²) in [7, 11) is 1.45. The van der Waals surface area contributed by atoms with Crippen molar-refractivity contribution in [1.82, 2.24) is 10.2 Å². The third-order valence-electron chi connectivity index (χ3n) is 4.16. The number of hydrogen-bond donors (Lipinski definition) is 1. The van der Waals surface area contributed by atoms with Crippen molar-refractivity contribution in [1.29, 1.82) is 0 Å². The van der Waals surface area contributed by atoms with Crippen LogP contribution in [-0.2, 0) is 19.1 Å². The second-order valence-corrected chi connectivity index (χ2v) is 9.44. The van der Waals surface area contributed by atoms with Gasteiger partial charge in [0.15, 0.2) is 3.79 Å². The first-order valence-electron chi connectivity index (χ1n) is 8.92. The molecule has 1 aliphatic rings. The SMILES string of the molecule is C#CCCC(=O)N[C@H](CCC(Cl)(Cl)Cl)C(=O)N1C(=O)C=C(OC)[C@@H]1CC(C)C. The van der Waals surface area contributed by atoms with E-state index in [-0.39, 0.29) is 31.6 Å². The Bertz CT molecular complexity index is 665. The first kappa shape index (κ1) is 24.6. The van der Waals surface area contributed by atoms with E-state index in [1.165, 1.54) is 13.2 Å². The van der Waals surface area contributed by atoms with Crippen molar-refractivity contribution in [2.75, 3.05) is 7.11 Å². The highest BCUT2D eigenvalue weighted by Crippen LogP contribution is 2.33. The van der Waals surface area contributed by atoms with Gasteiger partial charge in [0.2, 0.25) is 5.91 Å². The number of nitrogens with one attached hydrogen (secondary N) is 1. The average molecular weight is 452 g/mol. The van der Waals surface area contributed by atoms with Gasteiger partial charge in [0.05, 0.1) is 13.2 Å². The fourth-order valence-corrected chi connectivity index (χ4v) is 3.21. The van der Waals surface area contributed by atoms with Crippen molar-refractivity contribution >= 4 is 52.5 Å². The number of halogens is 3. The van der Waals surface area contributed by atoms with E-state index < -0.39 is 33.6 Å². The first-order chi connectivity index (χ1) is 13.0. The van der Waals surface area contributed by atoms with Crippen LogP contribution in [0.25, 0.3) is 0 Å². The molecule has 6 nitrogen and oxygen atoms in total. The van der Waals surface area contributed by atoms with Gasteiger partial charge in [0.1, 0.15) is 11.8 Å². The number of rotatable bonds is 9. The molecule has 28 heavy (non-hydrogen) atoms. The number of amides is 3. The summed E-state index contributed by atoms with van der Waals surface area (Å²) in [4.78, 5) is 38.9. The number of nitrogens with zero attached hydrogens (tertiary/aromatic N) is 1.